The Bertz CT molecular complexity index is 132. The third-order valence-corrected chi connectivity index (χ3v) is 2.88. The van der Waals surface area contributed by atoms with E-state index >= 15 is 0 Å². The molecule has 2 heteroatoms. The van der Waals surface area contributed by atoms with Crippen LogP contribution in [0.4, 0.5) is 0 Å². The lowest BCUT2D eigenvalue weighted by Crippen LogP contribution is -2.33. The van der Waals surface area contributed by atoms with E-state index in [1.54, 1.807) is 0 Å². The number of nitrogens with zero attached hydrogens (tertiary/aromatic N) is 1. The van der Waals surface area contributed by atoms with Crippen molar-refractivity contribution in [2.45, 2.75) is 25.8 Å². The van der Waals surface area contributed by atoms with Crippen molar-refractivity contribution in [3.05, 3.63) is 0 Å². The molecule has 0 aromatic rings. The van der Waals surface area contributed by atoms with E-state index in [1.165, 1.54) is 25.9 Å². The predicted molar refractivity (Wildman–Crippen MR) is 44.6 cm³/mol. The summed E-state index contributed by atoms with van der Waals surface area (Å²) in [6, 6.07) is 0.750. The SMILES string of the molecule is CC1CCN(C2CCOC2)C1. The van der Waals surface area contributed by atoms with Gasteiger partial charge in [0, 0.05) is 19.2 Å². The third-order valence-electron chi connectivity index (χ3n) is 2.88. The fraction of sp³-hybridized carbons (Fsp3) is 1.00. The molecule has 0 spiro atoms. The highest BCUT2D eigenvalue weighted by Gasteiger charge is 2.28. The molecule has 2 unspecified atom stereocenters. The van der Waals surface area contributed by atoms with E-state index in [-0.39, 0.29) is 0 Å². The molecule has 0 N–H and O–H groups in total. The molecule has 0 aromatic heterocycles. The van der Waals surface area contributed by atoms with Crippen LogP contribution in [-0.2, 0) is 4.74 Å². The van der Waals surface area contributed by atoms with E-state index in [9.17, 15) is 0 Å². The lowest BCUT2D eigenvalue weighted by atomic mass is 10.2. The Morgan fingerprint density at radius 2 is 2.27 bits per heavy atom. The summed E-state index contributed by atoms with van der Waals surface area (Å²) in [5.74, 6) is 0.913. The topological polar surface area (TPSA) is 12.5 Å². The fourth-order valence-electron chi connectivity index (χ4n) is 2.11. The van der Waals surface area contributed by atoms with Crippen LogP contribution in [0.3, 0.4) is 0 Å². The van der Waals surface area contributed by atoms with Crippen LogP contribution in [0.1, 0.15) is 19.8 Å². The minimum atomic E-state index is 0.750. The summed E-state index contributed by atoms with van der Waals surface area (Å²) < 4.78 is 5.36. The molecule has 0 amide bonds. The van der Waals surface area contributed by atoms with Crippen molar-refractivity contribution in [3.8, 4) is 0 Å². The van der Waals surface area contributed by atoms with E-state index in [0.29, 0.717) is 0 Å². The molecule has 2 nitrogen and oxygen atoms in total. The van der Waals surface area contributed by atoms with Gasteiger partial charge < -0.3 is 4.74 Å². The van der Waals surface area contributed by atoms with E-state index < -0.39 is 0 Å². The zero-order valence-corrected chi connectivity index (χ0v) is 7.25. The maximum atomic E-state index is 5.36. The Hall–Kier alpha value is -0.0800. The van der Waals surface area contributed by atoms with Gasteiger partial charge in [-0.25, -0.2) is 0 Å². The molecule has 2 atom stereocenters. The molecule has 2 rings (SSSR count). The average Bonchev–Trinajstić information content (AvgIpc) is 2.55. The van der Waals surface area contributed by atoms with Crippen molar-refractivity contribution in [1.29, 1.82) is 0 Å². The lowest BCUT2D eigenvalue weighted by Gasteiger charge is -2.21. The van der Waals surface area contributed by atoms with Gasteiger partial charge in [-0.3, -0.25) is 4.90 Å². The van der Waals surface area contributed by atoms with Crippen molar-refractivity contribution in [2.24, 2.45) is 5.92 Å². The normalized spacial score (nSPS) is 40.1. The highest BCUT2D eigenvalue weighted by atomic mass is 16.5. The summed E-state index contributed by atoms with van der Waals surface area (Å²) in [5, 5.41) is 0. The van der Waals surface area contributed by atoms with Crippen molar-refractivity contribution in [3.63, 3.8) is 0 Å². The standard InChI is InChI=1S/C9H17NO/c1-8-2-4-10(6-8)9-3-5-11-7-9/h8-9H,2-7H2,1H3. The Balaban J connectivity index is 1.85. The fourth-order valence-corrected chi connectivity index (χ4v) is 2.11. The smallest absolute Gasteiger partial charge is 0.0622 e. The molecule has 0 aromatic carbocycles. The molecule has 0 aliphatic carbocycles. The van der Waals surface area contributed by atoms with Crippen molar-refractivity contribution in [2.75, 3.05) is 26.3 Å². The molecule has 11 heavy (non-hydrogen) atoms. The molecule has 2 aliphatic rings. The molecule has 0 bridgehead atoms. The molecular weight excluding hydrogens is 138 g/mol. The number of rotatable bonds is 1. The first-order chi connectivity index (χ1) is 5.36. The first-order valence-corrected chi connectivity index (χ1v) is 4.68. The van der Waals surface area contributed by atoms with Gasteiger partial charge in [0.1, 0.15) is 0 Å². The van der Waals surface area contributed by atoms with Crippen LogP contribution in [0.25, 0.3) is 0 Å². The molecule has 2 saturated heterocycles. The van der Waals surface area contributed by atoms with E-state index in [1.807, 2.05) is 0 Å². The number of likely N-dealkylation sites (tertiary alicyclic amines) is 1. The Morgan fingerprint density at radius 1 is 1.36 bits per heavy atom. The van der Waals surface area contributed by atoms with Crippen LogP contribution < -0.4 is 0 Å². The second-order valence-corrected chi connectivity index (χ2v) is 3.91. The number of hydrogen-bond donors (Lipinski definition) is 0. The van der Waals surface area contributed by atoms with Crippen LogP contribution in [0.2, 0.25) is 0 Å². The third kappa shape index (κ3) is 1.57. The van der Waals surface area contributed by atoms with E-state index in [0.717, 1.165) is 25.2 Å². The summed E-state index contributed by atoms with van der Waals surface area (Å²) in [4.78, 5) is 2.59. The van der Waals surface area contributed by atoms with Crippen molar-refractivity contribution >= 4 is 0 Å². The molecule has 0 radical (unpaired) electrons. The number of ether oxygens (including phenoxy) is 1. The van der Waals surface area contributed by atoms with Gasteiger partial charge >= 0.3 is 0 Å². The molecule has 0 saturated carbocycles. The Morgan fingerprint density at radius 3 is 2.82 bits per heavy atom. The van der Waals surface area contributed by atoms with Gasteiger partial charge in [0.2, 0.25) is 0 Å². The second kappa shape index (κ2) is 3.11. The van der Waals surface area contributed by atoms with Gasteiger partial charge in [-0.05, 0) is 25.3 Å². The van der Waals surface area contributed by atoms with Crippen molar-refractivity contribution in [1.82, 2.24) is 4.90 Å². The van der Waals surface area contributed by atoms with E-state index in [4.69, 9.17) is 4.74 Å². The molecule has 2 fully saturated rings. The number of hydrogen-bond acceptors (Lipinski definition) is 2. The highest BCUT2D eigenvalue weighted by Crippen LogP contribution is 2.21. The summed E-state index contributed by atoms with van der Waals surface area (Å²) in [6.45, 7) is 6.90. The molecule has 64 valence electrons. The van der Waals surface area contributed by atoms with Gasteiger partial charge in [-0.1, -0.05) is 6.92 Å². The minimum Gasteiger partial charge on any atom is -0.380 e. The Kier molecular flexibility index (Phi) is 2.14. The van der Waals surface area contributed by atoms with Gasteiger partial charge in [0.05, 0.1) is 6.61 Å². The summed E-state index contributed by atoms with van der Waals surface area (Å²) in [6.07, 6.45) is 2.64. The monoisotopic (exact) mass is 155 g/mol. The van der Waals surface area contributed by atoms with Crippen LogP contribution in [0.5, 0.6) is 0 Å². The van der Waals surface area contributed by atoms with Crippen LogP contribution >= 0.6 is 0 Å². The quantitative estimate of drug-likeness (QED) is 0.562. The summed E-state index contributed by atoms with van der Waals surface area (Å²) in [5.41, 5.74) is 0. The first-order valence-electron chi connectivity index (χ1n) is 4.68. The van der Waals surface area contributed by atoms with Gasteiger partial charge in [-0.2, -0.15) is 0 Å². The van der Waals surface area contributed by atoms with Crippen LogP contribution in [0.15, 0.2) is 0 Å². The zero-order chi connectivity index (χ0) is 7.68. The maximum Gasteiger partial charge on any atom is 0.0622 e. The average molecular weight is 155 g/mol. The minimum absolute atomic E-state index is 0.750. The molecule has 2 heterocycles. The lowest BCUT2D eigenvalue weighted by molar-refractivity contribution is 0.157. The van der Waals surface area contributed by atoms with Gasteiger partial charge in [0.15, 0.2) is 0 Å². The van der Waals surface area contributed by atoms with Crippen LogP contribution in [-0.4, -0.2) is 37.2 Å². The second-order valence-electron chi connectivity index (χ2n) is 3.91. The zero-order valence-electron chi connectivity index (χ0n) is 7.25. The highest BCUT2D eigenvalue weighted by molar-refractivity contribution is 4.81. The van der Waals surface area contributed by atoms with Crippen molar-refractivity contribution < 1.29 is 4.74 Å². The molecular formula is C9H17NO. The molecule has 2 aliphatic heterocycles. The predicted octanol–water partition coefficient (Wildman–Crippen LogP) is 1.12. The summed E-state index contributed by atoms with van der Waals surface area (Å²) in [7, 11) is 0. The van der Waals surface area contributed by atoms with Crippen LogP contribution in [0, 0.1) is 5.92 Å². The largest absolute Gasteiger partial charge is 0.380 e. The maximum absolute atomic E-state index is 5.36. The van der Waals surface area contributed by atoms with Gasteiger partial charge in [-0.15, -0.1) is 0 Å². The Labute approximate surface area is 68.5 Å². The summed E-state index contributed by atoms with van der Waals surface area (Å²) >= 11 is 0. The first kappa shape index (κ1) is 7.56. The van der Waals surface area contributed by atoms with E-state index in [2.05, 4.69) is 11.8 Å². The van der Waals surface area contributed by atoms with Gasteiger partial charge in [0.25, 0.3) is 0 Å².